The first-order valence-corrected chi connectivity index (χ1v) is 10.8. The Balaban J connectivity index is 1.66. The summed E-state index contributed by atoms with van der Waals surface area (Å²) in [6, 6.07) is 4.17. The van der Waals surface area contributed by atoms with Crippen molar-refractivity contribution >= 4 is 17.3 Å². The Morgan fingerprint density at radius 1 is 1.33 bits per heavy atom. The van der Waals surface area contributed by atoms with Gasteiger partial charge in [0, 0.05) is 18.9 Å². The molecular formula is C23H26F2N4O4. The van der Waals surface area contributed by atoms with Crippen LogP contribution in [0.4, 0.5) is 14.5 Å². The number of carbonyl (C=O) groups is 1. The lowest BCUT2D eigenvalue weighted by Crippen LogP contribution is -2.49. The van der Waals surface area contributed by atoms with Crippen LogP contribution < -0.4 is 20.2 Å². The monoisotopic (exact) mass is 460 g/mol. The van der Waals surface area contributed by atoms with Crippen LogP contribution in [0, 0.1) is 11.6 Å². The molecule has 1 amide bonds. The van der Waals surface area contributed by atoms with Crippen molar-refractivity contribution in [2.24, 2.45) is 0 Å². The fourth-order valence-electron chi connectivity index (χ4n) is 3.84. The van der Waals surface area contributed by atoms with Gasteiger partial charge in [0.15, 0.2) is 0 Å². The summed E-state index contributed by atoms with van der Waals surface area (Å²) in [5, 5.41) is 4.09. The summed E-state index contributed by atoms with van der Waals surface area (Å²) in [5.74, 6) is -1.41. The zero-order chi connectivity index (χ0) is 23.4. The highest BCUT2D eigenvalue weighted by atomic mass is 19.1. The quantitative estimate of drug-likeness (QED) is 0.655. The van der Waals surface area contributed by atoms with E-state index in [-0.39, 0.29) is 6.23 Å². The zero-order valence-electron chi connectivity index (χ0n) is 18.4. The largest absolute Gasteiger partial charge is 0.496 e. The summed E-state index contributed by atoms with van der Waals surface area (Å²) < 4.78 is 45.0. The topological polar surface area (TPSA) is 85.0 Å². The third-order valence-electron chi connectivity index (χ3n) is 5.43. The van der Waals surface area contributed by atoms with Crippen LogP contribution in [-0.2, 0) is 9.53 Å². The van der Waals surface area contributed by atoms with Crippen molar-refractivity contribution < 1.29 is 27.8 Å². The second-order valence-electron chi connectivity index (χ2n) is 7.59. The minimum absolute atomic E-state index is 0.329. The highest BCUT2D eigenvalue weighted by molar-refractivity contribution is 5.98. The normalized spacial score (nSPS) is 20.4. The molecule has 0 bridgehead atoms. The van der Waals surface area contributed by atoms with E-state index in [1.807, 2.05) is 6.92 Å². The predicted octanol–water partition coefficient (Wildman–Crippen LogP) is 3.46. The number of ether oxygens (including phenoxy) is 3. The van der Waals surface area contributed by atoms with E-state index in [1.54, 1.807) is 23.3 Å². The Hall–Kier alpha value is -3.24. The van der Waals surface area contributed by atoms with Crippen LogP contribution in [0.1, 0.15) is 31.7 Å². The molecule has 2 aliphatic heterocycles. The maximum atomic E-state index is 14.0. The Labute approximate surface area is 190 Å². The Morgan fingerprint density at radius 3 is 2.79 bits per heavy atom. The number of nitrogens with zero attached hydrogens (tertiary/aromatic N) is 2. The number of hydrazine groups is 1. The van der Waals surface area contributed by atoms with Crippen molar-refractivity contribution in [1.82, 2.24) is 15.4 Å². The van der Waals surface area contributed by atoms with E-state index < -0.39 is 29.3 Å². The van der Waals surface area contributed by atoms with Gasteiger partial charge >= 0.3 is 0 Å². The molecule has 8 nitrogen and oxygen atoms in total. The number of pyridine rings is 1. The van der Waals surface area contributed by atoms with Gasteiger partial charge in [-0.05, 0) is 44.4 Å². The van der Waals surface area contributed by atoms with Crippen LogP contribution in [0.2, 0.25) is 0 Å². The molecule has 0 aliphatic carbocycles. The van der Waals surface area contributed by atoms with Crippen LogP contribution in [-0.4, -0.2) is 48.5 Å². The molecule has 0 radical (unpaired) electrons. The van der Waals surface area contributed by atoms with E-state index >= 15 is 0 Å². The van der Waals surface area contributed by atoms with Crippen LogP contribution in [0.5, 0.6) is 11.6 Å². The number of halogens is 2. The standard InChI is InChI=1S/C23H26F2N4O4/c1-3-32-20-12-19(31-2)14(13-26-20)18-11-17(28-29(18)21-9-4-5-10-33-21)23(30)27-22-15(24)7-6-8-16(22)25/h6-8,11-13,17,21,28H,3-5,9-10H2,1-2H3,(H,27,30). The number of methoxy groups -OCH3 is 1. The van der Waals surface area contributed by atoms with Gasteiger partial charge in [0.25, 0.3) is 0 Å². The van der Waals surface area contributed by atoms with Crippen molar-refractivity contribution in [2.45, 2.75) is 38.5 Å². The van der Waals surface area contributed by atoms with Gasteiger partial charge < -0.3 is 19.5 Å². The van der Waals surface area contributed by atoms with Gasteiger partial charge in [-0.15, -0.1) is 0 Å². The Bertz CT molecular complexity index is 1020. The molecule has 4 rings (SSSR count). The molecule has 0 saturated carbocycles. The van der Waals surface area contributed by atoms with E-state index in [1.165, 1.54) is 13.2 Å². The summed E-state index contributed by atoms with van der Waals surface area (Å²) in [4.78, 5) is 17.3. The Kier molecular flexibility index (Phi) is 7.05. The summed E-state index contributed by atoms with van der Waals surface area (Å²) in [6.07, 6.45) is 5.59. The van der Waals surface area contributed by atoms with Crippen LogP contribution in [0.25, 0.3) is 5.70 Å². The average molecular weight is 460 g/mol. The number of amides is 1. The minimum atomic E-state index is -0.902. The molecule has 176 valence electrons. The molecule has 1 aromatic carbocycles. The van der Waals surface area contributed by atoms with Crippen molar-refractivity contribution in [3.63, 3.8) is 0 Å². The highest BCUT2D eigenvalue weighted by Gasteiger charge is 2.36. The van der Waals surface area contributed by atoms with E-state index in [0.717, 1.165) is 31.4 Å². The maximum absolute atomic E-state index is 14.0. The van der Waals surface area contributed by atoms with E-state index in [4.69, 9.17) is 14.2 Å². The number of aromatic nitrogens is 1. The number of carbonyl (C=O) groups excluding carboxylic acids is 1. The SMILES string of the molecule is CCOc1cc(OC)c(C2=CC(C(=O)Nc3c(F)cccc3F)NN2C2CCCCO2)cn1. The number of para-hydroxylation sites is 1. The smallest absolute Gasteiger partial charge is 0.247 e. The molecule has 2 unspecified atom stereocenters. The second-order valence-corrected chi connectivity index (χ2v) is 7.59. The number of hydrogen-bond acceptors (Lipinski definition) is 7. The fourth-order valence-corrected chi connectivity index (χ4v) is 3.84. The van der Waals surface area contributed by atoms with Crippen molar-refractivity contribution in [1.29, 1.82) is 0 Å². The molecule has 3 heterocycles. The molecule has 33 heavy (non-hydrogen) atoms. The summed E-state index contributed by atoms with van der Waals surface area (Å²) >= 11 is 0. The lowest BCUT2D eigenvalue weighted by molar-refractivity contribution is -0.120. The third-order valence-corrected chi connectivity index (χ3v) is 5.43. The summed E-state index contributed by atoms with van der Waals surface area (Å²) in [5.41, 5.74) is 3.84. The first-order chi connectivity index (χ1) is 16.0. The number of benzene rings is 1. The van der Waals surface area contributed by atoms with Crippen LogP contribution in [0.3, 0.4) is 0 Å². The van der Waals surface area contributed by atoms with Crippen molar-refractivity contribution in [2.75, 3.05) is 25.6 Å². The fraction of sp³-hybridized carbons (Fsp3) is 0.391. The van der Waals surface area contributed by atoms with E-state index in [0.29, 0.717) is 36.1 Å². The molecule has 0 spiro atoms. The minimum Gasteiger partial charge on any atom is -0.496 e. The van der Waals surface area contributed by atoms with Crippen molar-refractivity contribution in [3.8, 4) is 11.6 Å². The molecule has 10 heteroatoms. The summed E-state index contributed by atoms with van der Waals surface area (Å²) in [7, 11) is 1.53. The molecule has 1 saturated heterocycles. The molecule has 2 aliphatic rings. The lowest BCUT2D eigenvalue weighted by Gasteiger charge is -2.35. The van der Waals surface area contributed by atoms with Gasteiger partial charge in [0.2, 0.25) is 11.8 Å². The van der Waals surface area contributed by atoms with Gasteiger partial charge in [-0.25, -0.2) is 19.2 Å². The number of anilines is 1. The van der Waals surface area contributed by atoms with Gasteiger partial charge in [-0.2, -0.15) is 0 Å². The van der Waals surface area contributed by atoms with E-state index in [2.05, 4.69) is 15.7 Å². The molecule has 2 aromatic rings. The maximum Gasteiger partial charge on any atom is 0.247 e. The zero-order valence-corrected chi connectivity index (χ0v) is 18.4. The summed E-state index contributed by atoms with van der Waals surface area (Å²) in [6.45, 7) is 2.90. The Morgan fingerprint density at radius 2 is 2.12 bits per heavy atom. The van der Waals surface area contributed by atoms with Gasteiger partial charge in [-0.3, -0.25) is 9.80 Å². The number of hydrogen-bond donors (Lipinski definition) is 2. The highest BCUT2D eigenvalue weighted by Crippen LogP contribution is 2.35. The lowest BCUT2D eigenvalue weighted by atomic mass is 10.1. The molecule has 2 atom stereocenters. The predicted molar refractivity (Wildman–Crippen MR) is 117 cm³/mol. The third kappa shape index (κ3) is 4.91. The van der Waals surface area contributed by atoms with Crippen molar-refractivity contribution in [3.05, 3.63) is 53.7 Å². The van der Waals surface area contributed by atoms with Gasteiger partial charge in [-0.1, -0.05) is 6.07 Å². The van der Waals surface area contributed by atoms with Gasteiger partial charge in [0.05, 0.1) is 25.0 Å². The second kappa shape index (κ2) is 10.1. The van der Waals surface area contributed by atoms with Gasteiger partial charge in [0.1, 0.15) is 35.3 Å². The number of nitrogens with one attached hydrogen (secondary N) is 2. The molecule has 1 fully saturated rings. The average Bonchev–Trinajstić information content (AvgIpc) is 3.27. The number of rotatable bonds is 7. The molecular weight excluding hydrogens is 434 g/mol. The molecule has 2 N–H and O–H groups in total. The first-order valence-electron chi connectivity index (χ1n) is 10.8. The molecule has 1 aromatic heterocycles. The first kappa shape index (κ1) is 22.9. The van der Waals surface area contributed by atoms with Crippen LogP contribution >= 0.6 is 0 Å². The van der Waals surface area contributed by atoms with E-state index in [9.17, 15) is 13.6 Å². The van der Waals surface area contributed by atoms with Crippen LogP contribution in [0.15, 0.2) is 36.5 Å².